The van der Waals surface area contributed by atoms with Gasteiger partial charge in [0.25, 0.3) is 5.91 Å². The van der Waals surface area contributed by atoms with Crippen LogP contribution in [-0.4, -0.2) is 32.8 Å². The van der Waals surface area contributed by atoms with Crippen molar-refractivity contribution in [3.63, 3.8) is 0 Å². The highest BCUT2D eigenvalue weighted by atomic mass is 16.4. The number of hydrogen-bond acceptors (Lipinski definition) is 6. The van der Waals surface area contributed by atoms with E-state index in [0.717, 1.165) is 0 Å². The average Bonchev–Trinajstić information content (AvgIpc) is 2.82. The molecule has 7 heteroatoms. The molecule has 0 saturated carbocycles. The third-order valence-electron chi connectivity index (χ3n) is 2.06. The molecule has 0 bridgehead atoms. The second kappa shape index (κ2) is 5.75. The first kappa shape index (κ1) is 12.7. The number of carbonyl (C=O) groups is 1. The Labute approximate surface area is 108 Å². The fourth-order valence-corrected chi connectivity index (χ4v) is 1.29. The van der Waals surface area contributed by atoms with Crippen LogP contribution in [0.25, 0.3) is 0 Å². The van der Waals surface area contributed by atoms with Crippen molar-refractivity contribution in [1.82, 2.24) is 15.2 Å². The molecule has 2 heterocycles. The van der Waals surface area contributed by atoms with Gasteiger partial charge in [-0.25, -0.2) is 0 Å². The zero-order valence-corrected chi connectivity index (χ0v) is 10.0. The van der Waals surface area contributed by atoms with Crippen molar-refractivity contribution < 1.29 is 14.3 Å². The Morgan fingerprint density at radius 3 is 3.00 bits per heavy atom. The summed E-state index contributed by atoms with van der Waals surface area (Å²) >= 11 is 0. The van der Waals surface area contributed by atoms with E-state index in [1.807, 2.05) is 0 Å². The number of carbonyl (C=O) groups excluding carboxylic acids is 1. The van der Waals surface area contributed by atoms with E-state index in [0.29, 0.717) is 17.0 Å². The molecule has 0 atom stereocenters. The van der Waals surface area contributed by atoms with Crippen LogP contribution in [0, 0.1) is 18.8 Å². The number of rotatable bonds is 2. The number of pyridine rings is 1. The monoisotopic (exact) mass is 258 g/mol. The minimum atomic E-state index is -0.427. The van der Waals surface area contributed by atoms with Crippen molar-refractivity contribution in [2.75, 3.05) is 11.9 Å². The maximum atomic E-state index is 11.9. The topological polar surface area (TPSA) is 101 Å². The van der Waals surface area contributed by atoms with Crippen molar-refractivity contribution >= 4 is 11.9 Å². The van der Waals surface area contributed by atoms with E-state index < -0.39 is 5.91 Å². The maximum absolute atomic E-state index is 11.9. The Morgan fingerprint density at radius 2 is 2.32 bits per heavy atom. The van der Waals surface area contributed by atoms with Crippen LogP contribution in [0.5, 0.6) is 0 Å². The fraction of sp³-hybridized carbons (Fsp3) is 0.167. The summed E-state index contributed by atoms with van der Waals surface area (Å²) in [5.41, 5.74) is 0.837. The molecule has 0 aromatic carbocycles. The third kappa shape index (κ3) is 3.37. The number of aromatic nitrogens is 3. The first-order chi connectivity index (χ1) is 9.19. The van der Waals surface area contributed by atoms with Gasteiger partial charge in [0.1, 0.15) is 6.61 Å². The van der Waals surface area contributed by atoms with Crippen LogP contribution in [0.2, 0.25) is 0 Å². The lowest BCUT2D eigenvalue weighted by Crippen LogP contribution is -2.12. The molecule has 7 nitrogen and oxygen atoms in total. The van der Waals surface area contributed by atoms with Crippen molar-refractivity contribution in [2.24, 2.45) is 0 Å². The number of amides is 1. The number of aliphatic hydroxyl groups excluding tert-OH is 1. The molecule has 0 spiro atoms. The van der Waals surface area contributed by atoms with E-state index in [2.05, 4.69) is 32.3 Å². The molecular formula is C12H10N4O3. The van der Waals surface area contributed by atoms with Gasteiger partial charge < -0.3 is 9.52 Å². The van der Waals surface area contributed by atoms with E-state index in [1.54, 1.807) is 13.0 Å². The summed E-state index contributed by atoms with van der Waals surface area (Å²) in [5, 5.41) is 18.3. The number of hydrogen-bond donors (Lipinski definition) is 2. The third-order valence-corrected chi connectivity index (χ3v) is 2.06. The van der Waals surface area contributed by atoms with Crippen LogP contribution in [-0.2, 0) is 0 Å². The highest BCUT2D eigenvalue weighted by molar-refractivity contribution is 6.03. The predicted octanol–water partition coefficient (Wildman–Crippen LogP) is 0.369. The van der Waals surface area contributed by atoms with Crippen LogP contribution in [0.1, 0.15) is 21.8 Å². The highest BCUT2D eigenvalue weighted by Gasteiger charge is 2.10. The summed E-state index contributed by atoms with van der Waals surface area (Å²) in [5.74, 6) is 5.07. The van der Waals surface area contributed by atoms with Crippen LogP contribution < -0.4 is 5.32 Å². The van der Waals surface area contributed by atoms with E-state index in [1.165, 1.54) is 12.4 Å². The smallest absolute Gasteiger partial charge is 0.322 e. The molecular weight excluding hydrogens is 248 g/mol. The largest absolute Gasteiger partial charge is 0.408 e. The van der Waals surface area contributed by atoms with E-state index in [4.69, 9.17) is 9.52 Å². The molecule has 19 heavy (non-hydrogen) atoms. The summed E-state index contributed by atoms with van der Waals surface area (Å²) in [6, 6.07) is 1.57. The van der Waals surface area contributed by atoms with E-state index >= 15 is 0 Å². The lowest BCUT2D eigenvalue weighted by atomic mass is 10.2. The molecule has 0 unspecified atom stereocenters. The van der Waals surface area contributed by atoms with Crippen LogP contribution in [0.4, 0.5) is 6.01 Å². The van der Waals surface area contributed by atoms with Crippen molar-refractivity contribution in [1.29, 1.82) is 0 Å². The molecule has 2 aromatic rings. The highest BCUT2D eigenvalue weighted by Crippen LogP contribution is 2.08. The molecule has 0 fully saturated rings. The number of anilines is 1. The minimum Gasteiger partial charge on any atom is -0.408 e. The van der Waals surface area contributed by atoms with Gasteiger partial charge in [0.2, 0.25) is 5.89 Å². The summed E-state index contributed by atoms with van der Waals surface area (Å²) in [7, 11) is 0. The molecule has 2 rings (SSSR count). The van der Waals surface area contributed by atoms with Crippen molar-refractivity contribution in [3.8, 4) is 11.8 Å². The normalized spacial score (nSPS) is 9.58. The quantitative estimate of drug-likeness (QED) is 0.755. The number of nitrogens with one attached hydrogen (secondary N) is 1. The summed E-state index contributed by atoms with van der Waals surface area (Å²) in [6.07, 6.45) is 2.89. The second-order valence-corrected chi connectivity index (χ2v) is 3.50. The summed E-state index contributed by atoms with van der Waals surface area (Å²) in [4.78, 5) is 15.8. The molecule has 0 radical (unpaired) electrons. The molecule has 0 aliphatic heterocycles. The Hall–Kier alpha value is -2.72. The van der Waals surface area contributed by atoms with Crippen LogP contribution >= 0.6 is 0 Å². The first-order valence-electron chi connectivity index (χ1n) is 5.35. The Morgan fingerprint density at radius 1 is 1.47 bits per heavy atom. The molecule has 0 aliphatic rings. The van der Waals surface area contributed by atoms with Crippen LogP contribution in [0.3, 0.4) is 0 Å². The fourth-order valence-electron chi connectivity index (χ4n) is 1.29. The second-order valence-electron chi connectivity index (χ2n) is 3.50. The van der Waals surface area contributed by atoms with Gasteiger partial charge in [-0.3, -0.25) is 15.1 Å². The van der Waals surface area contributed by atoms with E-state index in [-0.39, 0.29) is 12.6 Å². The summed E-state index contributed by atoms with van der Waals surface area (Å²) in [6.45, 7) is 1.37. The standard InChI is InChI=1S/C12H10N4O3/c1-8-15-16-12(19-8)14-11(18)10-5-9(3-2-4-17)6-13-7-10/h5-7,17H,4H2,1H3,(H,14,16,18). The summed E-state index contributed by atoms with van der Waals surface area (Å²) < 4.78 is 5.04. The van der Waals surface area contributed by atoms with Gasteiger partial charge in [-0.05, 0) is 6.07 Å². The Kier molecular flexibility index (Phi) is 3.85. The average molecular weight is 258 g/mol. The lowest BCUT2D eigenvalue weighted by Gasteiger charge is -2.00. The number of nitrogens with zero attached hydrogens (tertiary/aromatic N) is 3. The maximum Gasteiger partial charge on any atom is 0.322 e. The van der Waals surface area contributed by atoms with Gasteiger partial charge >= 0.3 is 6.01 Å². The van der Waals surface area contributed by atoms with Crippen LogP contribution in [0.15, 0.2) is 22.9 Å². The van der Waals surface area contributed by atoms with Crippen molar-refractivity contribution in [3.05, 3.63) is 35.5 Å². The minimum absolute atomic E-state index is 0.0225. The zero-order valence-electron chi connectivity index (χ0n) is 10.0. The Bertz CT molecular complexity index is 654. The molecule has 0 aliphatic carbocycles. The SMILES string of the molecule is Cc1nnc(NC(=O)c2cncc(C#CCO)c2)o1. The predicted molar refractivity (Wildman–Crippen MR) is 65.2 cm³/mol. The number of aliphatic hydroxyl groups is 1. The number of aryl methyl sites for hydroxylation is 1. The van der Waals surface area contributed by atoms with Gasteiger partial charge in [-0.1, -0.05) is 16.9 Å². The first-order valence-corrected chi connectivity index (χ1v) is 5.35. The molecule has 2 N–H and O–H groups in total. The van der Waals surface area contributed by atoms with E-state index in [9.17, 15) is 4.79 Å². The lowest BCUT2D eigenvalue weighted by molar-refractivity contribution is 0.102. The van der Waals surface area contributed by atoms with Gasteiger partial charge in [-0.15, -0.1) is 5.10 Å². The Balaban J connectivity index is 2.15. The van der Waals surface area contributed by atoms with Gasteiger partial charge in [0.05, 0.1) is 5.56 Å². The van der Waals surface area contributed by atoms with Gasteiger partial charge in [0.15, 0.2) is 0 Å². The molecule has 1 amide bonds. The van der Waals surface area contributed by atoms with Gasteiger partial charge in [-0.2, -0.15) is 0 Å². The van der Waals surface area contributed by atoms with Crippen molar-refractivity contribution in [2.45, 2.75) is 6.92 Å². The molecule has 0 saturated heterocycles. The van der Waals surface area contributed by atoms with Gasteiger partial charge in [0, 0.05) is 24.9 Å². The molecule has 96 valence electrons. The zero-order chi connectivity index (χ0) is 13.7. The molecule has 2 aromatic heterocycles.